The Bertz CT molecular complexity index is 1010. The highest BCUT2D eigenvalue weighted by Crippen LogP contribution is 2.22. The van der Waals surface area contributed by atoms with Crippen LogP contribution in [0.5, 0.6) is 0 Å². The van der Waals surface area contributed by atoms with Crippen LogP contribution in [0.3, 0.4) is 0 Å². The van der Waals surface area contributed by atoms with Gasteiger partial charge >= 0.3 is 0 Å². The normalized spacial score (nSPS) is 16.6. The molecule has 1 heterocycles. The molecule has 0 bridgehead atoms. The Labute approximate surface area is 191 Å². The number of Topliss-reactive ketones (excluding diaryl/α,β-unsaturated/α-hetero) is 1. The minimum Gasteiger partial charge on any atom is -0.384 e. The van der Waals surface area contributed by atoms with Gasteiger partial charge in [-0.25, -0.2) is 0 Å². The Balaban J connectivity index is 0.00000363. The largest absolute Gasteiger partial charge is 0.384 e. The van der Waals surface area contributed by atoms with Crippen LogP contribution >= 0.6 is 12.4 Å². The van der Waals surface area contributed by atoms with Crippen molar-refractivity contribution in [2.24, 2.45) is 5.73 Å². The molecule has 1 fully saturated rings. The highest BCUT2D eigenvalue weighted by molar-refractivity contribution is 6.04. The minimum absolute atomic E-state index is 0. The van der Waals surface area contributed by atoms with E-state index in [1.165, 1.54) is 24.0 Å². The minimum atomic E-state index is -1.72. The van der Waals surface area contributed by atoms with Crippen molar-refractivity contribution in [2.75, 3.05) is 23.4 Å². The molecule has 2 aromatic carbocycles. The summed E-state index contributed by atoms with van der Waals surface area (Å²) in [6.45, 7) is 1.90. The molecule has 3 rings (SSSR count). The quantitative estimate of drug-likeness (QED) is 0.361. The number of nitrogens with one attached hydrogen (secondary N) is 2. The zero-order valence-electron chi connectivity index (χ0n) is 17.4. The third kappa shape index (κ3) is 5.91. The van der Waals surface area contributed by atoms with Crippen LogP contribution in [0.15, 0.2) is 48.5 Å². The number of carbonyl (C=O) groups excluding carboxylic acids is 3. The molecule has 10 heteroatoms. The Morgan fingerprint density at radius 3 is 2.59 bits per heavy atom. The number of amides is 2. The van der Waals surface area contributed by atoms with Crippen LogP contribution in [-0.2, 0) is 25.5 Å². The molecule has 0 aliphatic carbocycles. The number of ether oxygens (including phenoxy) is 1. The van der Waals surface area contributed by atoms with E-state index in [1.54, 1.807) is 36.4 Å². The standard InChI is InChI=1S/C22H24N4O5.ClH/c1-13(27)11-14-3-2-4-17(12-14)26-9-10-31-19(22(26)30)18(28)21(29)25-16-7-5-15(6-8-16)20(23)24;/h2-8,12,18-19,28H,9-11H2,1H3,(H3,23,24)(H,25,29);1H/t18-,19-;/m1./s1. The monoisotopic (exact) mass is 460 g/mol. The SMILES string of the molecule is CC(=O)Cc1cccc(N2CCO[C@H]([C@@H](O)C(=O)Nc3ccc(C(=N)N)cc3)C2=O)c1.Cl. The van der Waals surface area contributed by atoms with Gasteiger partial charge in [-0.3, -0.25) is 19.8 Å². The van der Waals surface area contributed by atoms with Crippen molar-refractivity contribution in [3.63, 3.8) is 0 Å². The van der Waals surface area contributed by atoms with E-state index in [1.807, 2.05) is 0 Å². The van der Waals surface area contributed by atoms with Crippen molar-refractivity contribution in [2.45, 2.75) is 25.6 Å². The van der Waals surface area contributed by atoms with E-state index in [4.69, 9.17) is 15.9 Å². The molecule has 32 heavy (non-hydrogen) atoms. The molecule has 9 nitrogen and oxygen atoms in total. The second-order valence-electron chi connectivity index (χ2n) is 7.26. The van der Waals surface area contributed by atoms with E-state index >= 15 is 0 Å². The Morgan fingerprint density at radius 2 is 1.97 bits per heavy atom. The second kappa shape index (κ2) is 10.9. The molecule has 0 unspecified atom stereocenters. The summed E-state index contributed by atoms with van der Waals surface area (Å²) in [6, 6.07) is 13.2. The van der Waals surface area contributed by atoms with Crippen molar-refractivity contribution in [3.05, 3.63) is 59.7 Å². The van der Waals surface area contributed by atoms with Crippen LogP contribution in [-0.4, -0.2) is 53.9 Å². The average molecular weight is 461 g/mol. The molecular weight excluding hydrogens is 436 g/mol. The number of rotatable bonds is 7. The molecule has 1 aliphatic heterocycles. The van der Waals surface area contributed by atoms with Gasteiger partial charge in [-0.15, -0.1) is 12.4 Å². The number of aliphatic hydroxyl groups excluding tert-OH is 1. The summed E-state index contributed by atoms with van der Waals surface area (Å²) < 4.78 is 5.41. The summed E-state index contributed by atoms with van der Waals surface area (Å²) in [5, 5.41) is 20.4. The summed E-state index contributed by atoms with van der Waals surface area (Å²) in [4.78, 5) is 38.2. The number of halogens is 1. The van der Waals surface area contributed by atoms with Gasteiger partial charge in [0.05, 0.1) is 6.61 Å². The number of nitrogen functional groups attached to an aromatic ring is 1. The van der Waals surface area contributed by atoms with Crippen molar-refractivity contribution in [3.8, 4) is 0 Å². The fourth-order valence-electron chi connectivity index (χ4n) is 3.30. The fourth-order valence-corrected chi connectivity index (χ4v) is 3.30. The number of aliphatic hydroxyl groups is 1. The van der Waals surface area contributed by atoms with Crippen LogP contribution < -0.4 is 16.0 Å². The third-order valence-corrected chi connectivity index (χ3v) is 4.82. The van der Waals surface area contributed by atoms with Gasteiger partial charge in [0.15, 0.2) is 12.2 Å². The highest BCUT2D eigenvalue weighted by Gasteiger charge is 2.39. The summed E-state index contributed by atoms with van der Waals surface area (Å²) in [7, 11) is 0. The average Bonchev–Trinajstić information content (AvgIpc) is 2.73. The number of nitrogens with zero attached hydrogens (tertiary/aromatic N) is 1. The van der Waals surface area contributed by atoms with Crippen molar-refractivity contribution in [1.82, 2.24) is 0 Å². The van der Waals surface area contributed by atoms with E-state index in [0.717, 1.165) is 5.56 Å². The number of morpholine rings is 1. The van der Waals surface area contributed by atoms with E-state index in [9.17, 15) is 19.5 Å². The fraction of sp³-hybridized carbons (Fsp3) is 0.273. The van der Waals surface area contributed by atoms with Crippen LogP contribution in [0.1, 0.15) is 18.1 Å². The zero-order chi connectivity index (χ0) is 22.5. The molecule has 0 spiro atoms. The lowest BCUT2D eigenvalue weighted by Gasteiger charge is -2.34. The third-order valence-electron chi connectivity index (χ3n) is 4.82. The number of hydrogen-bond donors (Lipinski definition) is 4. The van der Waals surface area contributed by atoms with Crippen molar-refractivity contribution < 1.29 is 24.2 Å². The maximum Gasteiger partial charge on any atom is 0.259 e. The molecule has 0 radical (unpaired) electrons. The van der Waals surface area contributed by atoms with Crippen molar-refractivity contribution in [1.29, 1.82) is 5.41 Å². The molecule has 1 saturated heterocycles. The zero-order valence-corrected chi connectivity index (χ0v) is 18.2. The maximum absolute atomic E-state index is 12.9. The van der Waals surface area contributed by atoms with Crippen LogP contribution in [0.4, 0.5) is 11.4 Å². The summed E-state index contributed by atoms with van der Waals surface area (Å²) >= 11 is 0. The number of amidine groups is 1. The van der Waals surface area contributed by atoms with Gasteiger partial charge in [0, 0.05) is 29.9 Å². The number of benzene rings is 2. The molecular formula is C22H25ClN4O5. The van der Waals surface area contributed by atoms with E-state index in [-0.39, 0.29) is 43.6 Å². The van der Waals surface area contributed by atoms with Gasteiger partial charge in [0.2, 0.25) is 0 Å². The summed E-state index contributed by atoms with van der Waals surface area (Å²) in [6.07, 6.45) is -2.83. The lowest BCUT2D eigenvalue weighted by atomic mass is 10.1. The van der Waals surface area contributed by atoms with Gasteiger partial charge in [0.25, 0.3) is 11.8 Å². The van der Waals surface area contributed by atoms with Gasteiger partial charge in [-0.05, 0) is 48.9 Å². The molecule has 5 N–H and O–H groups in total. The predicted octanol–water partition coefficient (Wildman–Crippen LogP) is 1.26. The van der Waals surface area contributed by atoms with Gasteiger partial charge < -0.3 is 25.8 Å². The lowest BCUT2D eigenvalue weighted by Crippen LogP contribution is -2.55. The van der Waals surface area contributed by atoms with E-state index < -0.39 is 24.0 Å². The first-order valence-corrected chi connectivity index (χ1v) is 9.71. The molecule has 0 aromatic heterocycles. The number of hydrogen-bond acceptors (Lipinski definition) is 6. The Kier molecular flexibility index (Phi) is 8.48. The van der Waals surface area contributed by atoms with Crippen molar-refractivity contribution >= 4 is 47.2 Å². The topological polar surface area (TPSA) is 146 Å². The van der Waals surface area contributed by atoms with Gasteiger partial charge in [-0.1, -0.05) is 12.1 Å². The van der Waals surface area contributed by atoms with Crippen LogP contribution in [0, 0.1) is 5.41 Å². The first-order valence-electron chi connectivity index (χ1n) is 9.71. The number of ketones is 1. The molecule has 2 amide bonds. The van der Waals surface area contributed by atoms with Crippen LogP contribution in [0.25, 0.3) is 0 Å². The van der Waals surface area contributed by atoms with E-state index in [0.29, 0.717) is 16.9 Å². The molecule has 1 aliphatic rings. The predicted molar refractivity (Wildman–Crippen MR) is 122 cm³/mol. The van der Waals surface area contributed by atoms with Gasteiger partial charge in [-0.2, -0.15) is 0 Å². The summed E-state index contributed by atoms with van der Waals surface area (Å²) in [5.74, 6) is -1.43. The number of anilines is 2. The molecule has 2 aromatic rings. The summed E-state index contributed by atoms with van der Waals surface area (Å²) in [5.41, 5.74) is 7.62. The molecule has 2 atom stereocenters. The van der Waals surface area contributed by atoms with E-state index in [2.05, 4.69) is 5.32 Å². The van der Waals surface area contributed by atoms with Gasteiger partial charge in [0.1, 0.15) is 11.6 Å². The smallest absolute Gasteiger partial charge is 0.259 e. The first kappa shape index (κ1) is 25.0. The second-order valence-corrected chi connectivity index (χ2v) is 7.26. The Hall–Kier alpha value is -3.27. The number of nitrogens with two attached hydrogens (primary N) is 1. The molecule has 170 valence electrons. The molecule has 0 saturated carbocycles. The highest BCUT2D eigenvalue weighted by atomic mass is 35.5. The maximum atomic E-state index is 12.9. The van der Waals surface area contributed by atoms with Crippen LogP contribution in [0.2, 0.25) is 0 Å². The number of carbonyl (C=O) groups is 3. The lowest BCUT2D eigenvalue weighted by molar-refractivity contribution is -0.150. The first-order chi connectivity index (χ1) is 14.8. The Morgan fingerprint density at radius 1 is 1.28 bits per heavy atom.